The van der Waals surface area contributed by atoms with Crippen LogP contribution in [-0.4, -0.2) is 35.9 Å². The van der Waals surface area contributed by atoms with Crippen LogP contribution in [0.4, 0.5) is 11.5 Å². The Labute approximate surface area is 108 Å². The van der Waals surface area contributed by atoms with E-state index in [1.54, 1.807) is 0 Å². The first kappa shape index (κ1) is 13.0. The van der Waals surface area contributed by atoms with Gasteiger partial charge in [-0.1, -0.05) is 11.6 Å². The second-order valence-electron chi connectivity index (χ2n) is 4.02. The standard InChI is InChI=1S/C9H10ClN3O4S/c10-6-3-8(13(14)15)9(11-4-6)12-7-1-2-18(16,17)5-7/h3-4,7H,1-2,5H2,(H,11,12). The third-order valence-electron chi connectivity index (χ3n) is 2.60. The van der Waals surface area contributed by atoms with Gasteiger partial charge in [-0.05, 0) is 6.42 Å². The van der Waals surface area contributed by atoms with Crippen LogP contribution in [0, 0.1) is 10.1 Å². The van der Waals surface area contributed by atoms with Crippen molar-refractivity contribution in [2.75, 3.05) is 16.8 Å². The molecule has 0 aromatic carbocycles. The largest absolute Gasteiger partial charge is 0.361 e. The average molecular weight is 292 g/mol. The van der Waals surface area contributed by atoms with E-state index in [4.69, 9.17) is 11.6 Å². The summed E-state index contributed by atoms with van der Waals surface area (Å²) in [6, 6.07) is 0.836. The summed E-state index contributed by atoms with van der Waals surface area (Å²) < 4.78 is 22.6. The van der Waals surface area contributed by atoms with Crippen LogP contribution in [-0.2, 0) is 9.84 Å². The zero-order valence-corrected chi connectivity index (χ0v) is 10.7. The lowest BCUT2D eigenvalue weighted by atomic mass is 10.2. The zero-order chi connectivity index (χ0) is 13.3. The normalized spacial score (nSPS) is 21.7. The van der Waals surface area contributed by atoms with Gasteiger partial charge in [0.2, 0.25) is 5.82 Å². The van der Waals surface area contributed by atoms with E-state index in [9.17, 15) is 18.5 Å². The third-order valence-corrected chi connectivity index (χ3v) is 4.58. The summed E-state index contributed by atoms with van der Waals surface area (Å²) in [5.74, 6) is 0.104. The van der Waals surface area contributed by atoms with Crippen LogP contribution >= 0.6 is 11.6 Å². The highest BCUT2D eigenvalue weighted by Gasteiger charge is 2.29. The van der Waals surface area contributed by atoms with E-state index < -0.39 is 14.8 Å². The van der Waals surface area contributed by atoms with Gasteiger partial charge in [0, 0.05) is 18.3 Å². The summed E-state index contributed by atoms with van der Waals surface area (Å²) in [6.07, 6.45) is 1.70. The highest BCUT2D eigenvalue weighted by Crippen LogP contribution is 2.27. The van der Waals surface area contributed by atoms with E-state index in [0.717, 1.165) is 0 Å². The molecule has 7 nitrogen and oxygen atoms in total. The fourth-order valence-electron chi connectivity index (χ4n) is 1.78. The quantitative estimate of drug-likeness (QED) is 0.664. The molecule has 1 aromatic heterocycles. The Morgan fingerprint density at radius 1 is 1.56 bits per heavy atom. The van der Waals surface area contributed by atoms with Crippen LogP contribution in [0.2, 0.25) is 5.02 Å². The minimum Gasteiger partial charge on any atom is -0.361 e. The number of halogens is 1. The number of anilines is 1. The van der Waals surface area contributed by atoms with Gasteiger partial charge in [-0.25, -0.2) is 13.4 Å². The van der Waals surface area contributed by atoms with Crippen LogP contribution < -0.4 is 5.32 Å². The number of hydrogen-bond donors (Lipinski definition) is 1. The first-order valence-corrected chi connectivity index (χ1v) is 7.34. The Hall–Kier alpha value is -1.41. The van der Waals surface area contributed by atoms with E-state index in [2.05, 4.69) is 10.3 Å². The van der Waals surface area contributed by atoms with E-state index >= 15 is 0 Å². The second kappa shape index (κ2) is 4.69. The molecule has 1 N–H and O–H groups in total. The molecule has 0 amide bonds. The summed E-state index contributed by atoms with van der Waals surface area (Å²) in [5, 5.41) is 13.8. The van der Waals surface area contributed by atoms with E-state index in [1.165, 1.54) is 12.3 Å². The topological polar surface area (TPSA) is 102 Å². The summed E-state index contributed by atoms with van der Waals surface area (Å²) in [5.41, 5.74) is -0.258. The third kappa shape index (κ3) is 2.88. The Morgan fingerprint density at radius 2 is 2.28 bits per heavy atom. The lowest BCUT2D eigenvalue weighted by Crippen LogP contribution is -2.21. The molecule has 98 valence electrons. The van der Waals surface area contributed by atoms with Crippen molar-refractivity contribution in [2.24, 2.45) is 0 Å². The van der Waals surface area contributed by atoms with Gasteiger partial charge >= 0.3 is 5.69 Å². The van der Waals surface area contributed by atoms with Crippen LogP contribution in [0.25, 0.3) is 0 Å². The second-order valence-corrected chi connectivity index (χ2v) is 6.69. The molecule has 0 aliphatic carbocycles. The summed E-state index contributed by atoms with van der Waals surface area (Å²) >= 11 is 5.63. The molecular weight excluding hydrogens is 282 g/mol. The van der Waals surface area contributed by atoms with Crippen molar-refractivity contribution in [3.63, 3.8) is 0 Å². The van der Waals surface area contributed by atoms with Crippen molar-refractivity contribution in [3.8, 4) is 0 Å². The van der Waals surface area contributed by atoms with Crippen molar-refractivity contribution >= 4 is 32.9 Å². The highest BCUT2D eigenvalue weighted by atomic mass is 35.5. The average Bonchev–Trinajstić information content (AvgIpc) is 2.60. The molecule has 0 bridgehead atoms. The molecule has 1 saturated heterocycles. The van der Waals surface area contributed by atoms with Gasteiger partial charge in [-0.2, -0.15) is 0 Å². The molecule has 1 unspecified atom stereocenters. The maximum atomic E-state index is 11.3. The first-order chi connectivity index (χ1) is 8.37. The van der Waals surface area contributed by atoms with Gasteiger partial charge in [0.15, 0.2) is 9.84 Å². The molecule has 1 aliphatic rings. The fraction of sp³-hybridized carbons (Fsp3) is 0.444. The first-order valence-electron chi connectivity index (χ1n) is 5.14. The summed E-state index contributed by atoms with van der Waals surface area (Å²) in [6.45, 7) is 0. The van der Waals surface area contributed by atoms with Gasteiger partial charge in [-0.15, -0.1) is 0 Å². The molecule has 1 fully saturated rings. The van der Waals surface area contributed by atoms with Crippen molar-refractivity contribution in [1.82, 2.24) is 4.98 Å². The molecule has 1 aromatic rings. The zero-order valence-electron chi connectivity index (χ0n) is 9.17. The number of pyridine rings is 1. The Balaban J connectivity index is 2.22. The van der Waals surface area contributed by atoms with Crippen molar-refractivity contribution in [3.05, 3.63) is 27.4 Å². The number of nitro groups is 1. The molecule has 9 heteroatoms. The Bertz CT molecular complexity index is 589. The van der Waals surface area contributed by atoms with Gasteiger partial charge in [-0.3, -0.25) is 10.1 Å². The summed E-state index contributed by atoms with van der Waals surface area (Å²) in [4.78, 5) is 14.0. The molecule has 0 radical (unpaired) electrons. The SMILES string of the molecule is O=[N+]([O-])c1cc(Cl)cnc1NC1CCS(=O)(=O)C1. The molecule has 18 heavy (non-hydrogen) atoms. The van der Waals surface area contributed by atoms with Crippen molar-refractivity contribution in [1.29, 1.82) is 0 Å². The van der Waals surface area contributed by atoms with Crippen molar-refractivity contribution in [2.45, 2.75) is 12.5 Å². The van der Waals surface area contributed by atoms with Gasteiger partial charge in [0.05, 0.1) is 21.5 Å². The van der Waals surface area contributed by atoms with Gasteiger partial charge in [0.25, 0.3) is 0 Å². The maximum Gasteiger partial charge on any atom is 0.312 e. The van der Waals surface area contributed by atoms with Crippen LogP contribution in [0.1, 0.15) is 6.42 Å². The molecule has 2 heterocycles. The Kier molecular flexibility index (Phi) is 3.40. The number of nitrogens with zero attached hydrogens (tertiary/aromatic N) is 2. The lowest BCUT2D eigenvalue weighted by Gasteiger charge is -2.11. The Morgan fingerprint density at radius 3 is 2.83 bits per heavy atom. The molecule has 1 aliphatic heterocycles. The maximum absolute atomic E-state index is 11.3. The van der Waals surface area contributed by atoms with Crippen LogP contribution in [0.3, 0.4) is 0 Å². The van der Waals surface area contributed by atoms with E-state index in [-0.39, 0.29) is 34.1 Å². The molecule has 1 atom stereocenters. The fourth-order valence-corrected chi connectivity index (χ4v) is 3.61. The number of rotatable bonds is 3. The molecular formula is C9H10ClN3O4S. The van der Waals surface area contributed by atoms with E-state index in [1.807, 2.05) is 0 Å². The van der Waals surface area contributed by atoms with Gasteiger partial charge < -0.3 is 5.32 Å². The van der Waals surface area contributed by atoms with Crippen molar-refractivity contribution < 1.29 is 13.3 Å². The minimum absolute atomic E-state index is 0.0333. The lowest BCUT2D eigenvalue weighted by molar-refractivity contribution is -0.384. The monoisotopic (exact) mass is 291 g/mol. The molecule has 0 spiro atoms. The molecule has 2 rings (SSSR count). The predicted molar refractivity (Wildman–Crippen MR) is 66.6 cm³/mol. The number of hydrogen-bond acceptors (Lipinski definition) is 6. The van der Waals surface area contributed by atoms with Crippen LogP contribution in [0.5, 0.6) is 0 Å². The summed E-state index contributed by atoms with van der Waals surface area (Å²) in [7, 11) is -3.04. The van der Waals surface area contributed by atoms with E-state index in [0.29, 0.717) is 6.42 Å². The van der Waals surface area contributed by atoms with Gasteiger partial charge in [0.1, 0.15) is 0 Å². The number of nitrogens with one attached hydrogen (secondary N) is 1. The van der Waals surface area contributed by atoms with Crippen LogP contribution in [0.15, 0.2) is 12.3 Å². The predicted octanol–water partition coefficient (Wildman–Crippen LogP) is 1.24. The number of aromatic nitrogens is 1. The highest BCUT2D eigenvalue weighted by molar-refractivity contribution is 7.91. The smallest absolute Gasteiger partial charge is 0.312 e. The number of sulfone groups is 1. The molecule has 0 saturated carbocycles. The minimum atomic E-state index is -3.04.